The molecule has 0 fully saturated rings. The van der Waals surface area contributed by atoms with E-state index < -0.39 is 5.60 Å². The van der Waals surface area contributed by atoms with E-state index in [9.17, 15) is 5.11 Å². The molecular formula is C17H21NO. The predicted molar refractivity (Wildman–Crippen MR) is 81.3 cm³/mol. The van der Waals surface area contributed by atoms with Crippen LogP contribution >= 0.6 is 0 Å². The van der Waals surface area contributed by atoms with Gasteiger partial charge in [0.1, 0.15) is 0 Å². The molecule has 0 bridgehead atoms. The highest BCUT2D eigenvalue weighted by Crippen LogP contribution is 2.28. The maximum absolute atomic E-state index is 10.1. The van der Waals surface area contributed by atoms with Crippen LogP contribution in [0.1, 0.15) is 20.3 Å². The van der Waals surface area contributed by atoms with Gasteiger partial charge in [-0.1, -0.05) is 55.5 Å². The number of nitrogens with one attached hydrogen (secondary N) is 1. The van der Waals surface area contributed by atoms with Crippen molar-refractivity contribution in [2.24, 2.45) is 0 Å². The molecule has 19 heavy (non-hydrogen) atoms. The molecule has 0 saturated carbocycles. The van der Waals surface area contributed by atoms with Crippen LogP contribution in [0.4, 0.5) is 5.69 Å². The standard InChI is InChI=1S/C17H21NO/c1-3-17(2,19)13-18-16-12-8-7-11-15(16)14-9-5-4-6-10-14/h4-12,18-19H,3,13H2,1-2H3. The molecular weight excluding hydrogens is 234 g/mol. The van der Waals surface area contributed by atoms with Crippen LogP contribution in [0, 0.1) is 0 Å². The second-order valence-corrected chi connectivity index (χ2v) is 5.12. The highest BCUT2D eigenvalue weighted by atomic mass is 16.3. The molecule has 0 heterocycles. The lowest BCUT2D eigenvalue weighted by atomic mass is 10.0. The van der Waals surface area contributed by atoms with Gasteiger partial charge < -0.3 is 10.4 Å². The lowest BCUT2D eigenvalue weighted by molar-refractivity contribution is 0.0697. The first kappa shape index (κ1) is 13.6. The molecule has 2 aromatic rings. The largest absolute Gasteiger partial charge is 0.388 e. The molecule has 2 rings (SSSR count). The number of hydrogen-bond donors (Lipinski definition) is 2. The Morgan fingerprint density at radius 2 is 1.63 bits per heavy atom. The summed E-state index contributed by atoms with van der Waals surface area (Å²) in [6.45, 7) is 4.39. The average molecular weight is 255 g/mol. The van der Waals surface area contributed by atoms with Gasteiger partial charge in [-0.2, -0.15) is 0 Å². The topological polar surface area (TPSA) is 32.3 Å². The summed E-state index contributed by atoms with van der Waals surface area (Å²) in [5, 5.41) is 13.4. The highest BCUT2D eigenvalue weighted by Gasteiger charge is 2.17. The summed E-state index contributed by atoms with van der Waals surface area (Å²) in [4.78, 5) is 0. The van der Waals surface area contributed by atoms with Crippen molar-refractivity contribution >= 4 is 5.69 Å². The molecule has 0 aliphatic heterocycles. The number of benzene rings is 2. The molecule has 0 radical (unpaired) electrons. The zero-order valence-corrected chi connectivity index (χ0v) is 11.6. The van der Waals surface area contributed by atoms with Crippen LogP contribution in [-0.4, -0.2) is 17.3 Å². The van der Waals surface area contributed by atoms with Gasteiger partial charge in [0.2, 0.25) is 0 Å². The number of rotatable bonds is 5. The molecule has 0 saturated heterocycles. The van der Waals surface area contributed by atoms with E-state index in [1.807, 2.05) is 50.2 Å². The van der Waals surface area contributed by atoms with Crippen molar-refractivity contribution in [3.05, 3.63) is 54.6 Å². The zero-order valence-electron chi connectivity index (χ0n) is 11.6. The van der Waals surface area contributed by atoms with E-state index in [1.165, 1.54) is 5.56 Å². The van der Waals surface area contributed by atoms with E-state index in [1.54, 1.807) is 0 Å². The fourth-order valence-corrected chi connectivity index (χ4v) is 1.92. The fourth-order valence-electron chi connectivity index (χ4n) is 1.92. The summed E-state index contributed by atoms with van der Waals surface area (Å²) in [6, 6.07) is 18.5. The molecule has 2 N–H and O–H groups in total. The van der Waals surface area contributed by atoms with Gasteiger partial charge in [-0.05, 0) is 25.0 Å². The minimum Gasteiger partial charge on any atom is -0.388 e. The zero-order chi connectivity index (χ0) is 13.7. The fraction of sp³-hybridized carbons (Fsp3) is 0.294. The summed E-state index contributed by atoms with van der Waals surface area (Å²) >= 11 is 0. The van der Waals surface area contributed by atoms with Crippen molar-refractivity contribution in [2.75, 3.05) is 11.9 Å². The smallest absolute Gasteiger partial charge is 0.0788 e. The van der Waals surface area contributed by atoms with Crippen molar-refractivity contribution in [1.82, 2.24) is 0 Å². The molecule has 2 heteroatoms. The van der Waals surface area contributed by atoms with Gasteiger partial charge in [-0.3, -0.25) is 0 Å². The minimum atomic E-state index is -0.677. The Hall–Kier alpha value is -1.80. The summed E-state index contributed by atoms with van der Waals surface area (Å²) in [7, 11) is 0. The van der Waals surface area contributed by atoms with E-state index in [0.717, 1.165) is 17.7 Å². The van der Waals surface area contributed by atoms with Gasteiger partial charge in [0.15, 0.2) is 0 Å². The second-order valence-electron chi connectivity index (χ2n) is 5.12. The minimum absolute atomic E-state index is 0.549. The van der Waals surface area contributed by atoms with E-state index >= 15 is 0 Å². The van der Waals surface area contributed by atoms with E-state index in [4.69, 9.17) is 0 Å². The van der Waals surface area contributed by atoms with Crippen LogP contribution in [0.5, 0.6) is 0 Å². The number of aliphatic hydroxyl groups is 1. The molecule has 0 aromatic heterocycles. The summed E-state index contributed by atoms with van der Waals surface area (Å²) < 4.78 is 0. The van der Waals surface area contributed by atoms with Crippen molar-refractivity contribution in [3.8, 4) is 11.1 Å². The van der Waals surface area contributed by atoms with Crippen LogP contribution in [0.15, 0.2) is 54.6 Å². The first-order valence-corrected chi connectivity index (χ1v) is 6.73. The van der Waals surface area contributed by atoms with Crippen molar-refractivity contribution in [1.29, 1.82) is 0 Å². The highest BCUT2D eigenvalue weighted by molar-refractivity contribution is 5.77. The molecule has 0 aliphatic carbocycles. The Labute approximate surface area is 115 Å². The van der Waals surface area contributed by atoms with E-state index in [0.29, 0.717) is 6.54 Å². The molecule has 0 amide bonds. The van der Waals surface area contributed by atoms with Crippen LogP contribution in [0.2, 0.25) is 0 Å². The third kappa shape index (κ3) is 3.58. The summed E-state index contributed by atoms with van der Waals surface area (Å²) in [6.07, 6.45) is 0.730. The Kier molecular flexibility index (Phi) is 4.23. The Balaban J connectivity index is 2.23. The quantitative estimate of drug-likeness (QED) is 0.848. The van der Waals surface area contributed by atoms with Crippen LogP contribution in [-0.2, 0) is 0 Å². The lowest BCUT2D eigenvalue weighted by Crippen LogP contribution is -2.32. The van der Waals surface area contributed by atoms with Crippen molar-refractivity contribution in [2.45, 2.75) is 25.9 Å². The molecule has 0 aliphatic rings. The van der Waals surface area contributed by atoms with Crippen LogP contribution in [0.25, 0.3) is 11.1 Å². The Bertz CT molecular complexity index is 520. The first-order chi connectivity index (χ1) is 9.12. The molecule has 1 atom stereocenters. The van der Waals surface area contributed by atoms with Crippen molar-refractivity contribution < 1.29 is 5.11 Å². The summed E-state index contributed by atoms with van der Waals surface area (Å²) in [5.74, 6) is 0. The molecule has 100 valence electrons. The van der Waals surface area contributed by atoms with Crippen molar-refractivity contribution in [3.63, 3.8) is 0 Å². The third-order valence-corrected chi connectivity index (χ3v) is 3.43. The molecule has 1 unspecified atom stereocenters. The predicted octanol–water partition coefficient (Wildman–Crippen LogP) is 3.93. The van der Waals surface area contributed by atoms with E-state index in [2.05, 4.69) is 23.5 Å². The average Bonchev–Trinajstić information content (AvgIpc) is 2.46. The van der Waals surface area contributed by atoms with Gasteiger partial charge in [-0.15, -0.1) is 0 Å². The maximum atomic E-state index is 10.1. The maximum Gasteiger partial charge on any atom is 0.0788 e. The number of hydrogen-bond acceptors (Lipinski definition) is 2. The van der Waals surface area contributed by atoms with Gasteiger partial charge in [0.05, 0.1) is 5.60 Å². The Morgan fingerprint density at radius 3 is 2.32 bits per heavy atom. The Morgan fingerprint density at radius 1 is 1.00 bits per heavy atom. The SMILES string of the molecule is CCC(C)(O)CNc1ccccc1-c1ccccc1. The van der Waals surface area contributed by atoms with Gasteiger partial charge in [0, 0.05) is 17.8 Å². The first-order valence-electron chi connectivity index (χ1n) is 6.73. The summed E-state index contributed by atoms with van der Waals surface area (Å²) in [5.41, 5.74) is 2.73. The second kappa shape index (κ2) is 5.89. The molecule has 0 spiro atoms. The number of para-hydroxylation sites is 1. The van der Waals surface area contributed by atoms with Gasteiger partial charge >= 0.3 is 0 Å². The molecule has 2 nitrogen and oxygen atoms in total. The van der Waals surface area contributed by atoms with Crippen LogP contribution in [0.3, 0.4) is 0 Å². The van der Waals surface area contributed by atoms with Gasteiger partial charge in [0.25, 0.3) is 0 Å². The third-order valence-electron chi connectivity index (χ3n) is 3.43. The van der Waals surface area contributed by atoms with E-state index in [-0.39, 0.29) is 0 Å². The van der Waals surface area contributed by atoms with Gasteiger partial charge in [-0.25, -0.2) is 0 Å². The van der Waals surface area contributed by atoms with Crippen LogP contribution < -0.4 is 5.32 Å². The number of anilines is 1. The monoisotopic (exact) mass is 255 g/mol. The normalized spacial score (nSPS) is 13.8. The molecule has 2 aromatic carbocycles. The lowest BCUT2D eigenvalue weighted by Gasteiger charge is -2.23.